The summed E-state index contributed by atoms with van der Waals surface area (Å²) in [7, 11) is -3.85. The zero-order chi connectivity index (χ0) is 17.3. The number of halogens is 2. The maximum Gasteiger partial charge on any atom is 0.271 e. The van der Waals surface area contributed by atoms with Crippen LogP contribution in [0.4, 0.5) is 10.1 Å². The molecule has 0 spiro atoms. The van der Waals surface area contributed by atoms with Crippen LogP contribution in [0.2, 0.25) is 5.02 Å². The van der Waals surface area contributed by atoms with Gasteiger partial charge in [-0.15, -0.1) is 11.3 Å². The first-order valence-electron chi connectivity index (χ1n) is 6.49. The van der Waals surface area contributed by atoms with Gasteiger partial charge in [-0.3, -0.25) is 9.52 Å². The summed E-state index contributed by atoms with van der Waals surface area (Å²) >= 11 is 6.62. The van der Waals surface area contributed by atoms with E-state index in [-0.39, 0.29) is 20.5 Å². The topological polar surface area (TPSA) is 91.9 Å². The Hall–Kier alpha value is -2.23. The van der Waals surface area contributed by atoms with E-state index >= 15 is 0 Å². The summed E-state index contributed by atoms with van der Waals surface area (Å²) in [6.45, 7) is 0. The van der Waals surface area contributed by atoms with E-state index in [2.05, 4.69) is 14.9 Å². The van der Waals surface area contributed by atoms with Crippen molar-refractivity contribution in [1.82, 2.24) is 10.2 Å². The quantitative estimate of drug-likeness (QED) is 0.721. The minimum Gasteiger partial charge on any atom is -0.279 e. The van der Waals surface area contributed by atoms with Gasteiger partial charge in [0.15, 0.2) is 0 Å². The molecule has 6 nitrogen and oxygen atoms in total. The molecule has 3 aromatic rings. The third kappa shape index (κ3) is 3.48. The second kappa shape index (κ2) is 6.34. The number of anilines is 1. The fourth-order valence-corrected chi connectivity index (χ4v) is 4.35. The largest absolute Gasteiger partial charge is 0.279 e. The van der Waals surface area contributed by atoms with Crippen LogP contribution in [0.3, 0.4) is 0 Å². The number of nitrogens with one attached hydrogen (secondary N) is 2. The van der Waals surface area contributed by atoms with Gasteiger partial charge >= 0.3 is 0 Å². The summed E-state index contributed by atoms with van der Waals surface area (Å²) < 4.78 is 40.3. The first kappa shape index (κ1) is 16.6. The molecule has 0 saturated heterocycles. The van der Waals surface area contributed by atoms with E-state index in [1.54, 1.807) is 6.07 Å². The van der Waals surface area contributed by atoms with Gasteiger partial charge in [-0.2, -0.15) is 5.10 Å². The summed E-state index contributed by atoms with van der Waals surface area (Å²) in [5.41, 5.74) is 0.252. The van der Waals surface area contributed by atoms with Crippen molar-refractivity contribution in [3.63, 3.8) is 0 Å². The number of nitrogens with zero attached hydrogens (tertiary/aromatic N) is 1. The van der Waals surface area contributed by atoms with Crippen molar-refractivity contribution >= 4 is 38.6 Å². The van der Waals surface area contributed by atoms with Gasteiger partial charge in [0.2, 0.25) is 0 Å². The van der Waals surface area contributed by atoms with Crippen molar-refractivity contribution in [2.45, 2.75) is 4.21 Å². The molecule has 2 heterocycles. The average molecular weight is 386 g/mol. The Morgan fingerprint density at radius 3 is 2.62 bits per heavy atom. The van der Waals surface area contributed by atoms with Gasteiger partial charge in [0, 0.05) is 6.07 Å². The van der Waals surface area contributed by atoms with Gasteiger partial charge in [-0.1, -0.05) is 11.6 Å². The molecule has 0 radical (unpaired) electrons. The van der Waals surface area contributed by atoms with E-state index in [9.17, 15) is 17.6 Å². The Morgan fingerprint density at radius 1 is 1.17 bits per heavy atom. The van der Waals surface area contributed by atoms with Crippen LogP contribution in [-0.4, -0.2) is 18.6 Å². The number of aromatic nitrogens is 2. The predicted octanol–water partition coefficient (Wildman–Crippen LogP) is 3.09. The normalized spacial score (nSPS) is 11.4. The first-order valence-corrected chi connectivity index (χ1v) is 9.17. The molecule has 24 heavy (non-hydrogen) atoms. The van der Waals surface area contributed by atoms with E-state index in [1.165, 1.54) is 30.3 Å². The van der Waals surface area contributed by atoms with Crippen molar-refractivity contribution < 1.29 is 12.8 Å². The average Bonchev–Trinajstić information content (AvgIpc) is 3.02. The first-order chi connectivity index (χ1) is 11.3. The molecular formula is C14H9ClFN3O3S2. The van der Waals surface area contributed by atoms with Crippen LogP contribution in [0.1, 0.15) is 0 Å². The minimum absolute atomic E-state index is 0.0472. The fraction of sp³-hybridized carbons (Fsp3) is 0. The van der Waals surface area contributed by atoms with Crippen LogP contribution >= 0.6 is 22.9 Å². The Morgan fingerprint density at radius 2 is 1.96 bits per heavy atom. The number of hydrogen-bond donors (Lipinski definition) is 2. The molecule has 10 heteroatoms. The molecule has 0 aliphatic heterocycles. The number of aromatic amines is 1. The maximum absolute atomic E-state index is 13.1. The summed E-state index contributed by atoms with van der Waals surface area (Å²) in [6.07, 6.45) is 0. The number of rotatable bonds is 4. The van der Waals surface area contributed by atoms with Crippen molar-refractivity contribution in [3.05, 3.63) is 63.7 Å². The van der Waals surface area contributed by atoms with Gasteiger partial charge in [-0.25, -0.2) is 17.9 Å². The minimum atomic E-state index is -3.85. The van der Waals surface area contributed by atoms with Crippen LogP contribution < -0.4 is 10.3 Å². The van der Waals surface area contributed by atoms with Gasteiger partial charge in [0.05, 0.1) is 15.6 Å². The summed E-state index contributed by atoms with van der Waals surface area (Å²) in [5.74, 6) is -0.637. The third-order valence-electron chi connectivity index (χ3n) is 2.95. The number of sulfonamides is 1. The van der Waals surface area contributed by atoms with Gasteiger partial charge in [0.25, 0.3) is 15.6 Å². The van der Waals surface area contributed by atoms with Crippen LogP contribution in [-0.2, 0) is 10.0 Å². The number of hydrogen-bond acceptors (Lipinski definition) is 5. The molecule has 0 aliphatic carbocycles. The lowest BCUT2D eigenvalue weighted by atomic mass is 10.3. The molecule has 0 aliphatic rings. The Bertz CT molecular complexity index is 1040. The molecule has 1 aromatic carbocycles. The number of thiophene rings is 1. The Balaban J connectivity index is 1.89. The van der Waals surface area contributed by atoms with Crippen LogP contribution in [0.5, 0.6) is 0 Å². The molecular weight excluding hydrogens is 377 g/mol. The highest BCUT2D eigenvalue weighted by atomic mass is 35.5. The van der Waals surface area contributed by atoms with Gasteiger partial charge in [-0.05, 0) is 36.4 Å². The standard InChI is InChI=1S/C14H9ClFN3O3S2/c15-9-7-8(1-2-10(9)16)19-24(21,22)14-6-4-12(23-14)11-3-5-13(20)18-17-11/h1-7,19H,(H,18,20). The molecule has 0 unspecified atom stereocenters. The highest BCUT2D eigenvalue weighted by Gasteiger charge is 2.18. The zero-order valence-corrected chi connectivity index (χ0v) is 14.2. The Kier molecular flexibility index (Phi) is 4.39. The summed E-state index contributed by atoms with van der Waals surface area (Å²) in [4.78, 5) is 11.6. The summed E-state index contributed by atoms with van der Waals surface area (Å²) in [5, 5.41) is 5.95. The number of H-pyrrole nitrogens is 1. The molecule has 2 N–H and O–H groups in total. The van der Waals surface area contributed by atoms with Crippen molar-refractivity contribution in [3.8, 4) is 10.6 Å². The molecule has 124 valence electrons. The summed E-state index contributed by atoms with van der Waals surface area (Å²) in [6, 6.07) is 9.33. The molecule has 0 atom stereocenters. The lowest BCUT2D eigenvalue weighted by molar-refractivity contribution is 0.603. The SMILES string of the molecule is O=c1ccc(-c2ccc(S(=O)(=O)Nc3ccc(F)c(Cl)c3)s2)n[nH]1. The number of benzene rings is 1. The predicted molar refractivity (Wildman–Crippen MR) is 90.4 cm³/mol. The van der Waals surface area contributed by atoms with Crippen molar-refractivity contribution in [2.75, 3.05) is 4.72 Å². The third-order valence-corrected chi connectivity index (χ3v) is 6.22. The van der Waals surface area contributed by atoms with E-state index in [0.717, 1.165) is 17.4 Å². The van der Waals surface area contributed by atoms with Crippen molar-refractivity contribution in [1.29, 1.82) is 0 Å². The molecule has 0 bridgehead atoms. The van der Waals surface area contributed by atoms with Crippen LogP contribution in [0.25, 0.3) is 10.6 Å². The highest BCUT2D eigenvalue weighted by Crippen LogP contribution is 2.30. The lowest BCUT2D eigenvalue weighted by Crippen LogP contribution is -2.11. The van der Waals surface area contributed by atoms with E-state index in [0.29, 0.717) is 10.6 Å². The van der Waals surface area contributed by atoms with Gasteiger partial charge < -0.3 is 0 Å². The van der Waals surface area contributed by atoms with E-state index in [4.69, 9.17) is 11.6 Å². The monoisotopic (exact) mass is 385 g/mol. The smallest absolute Gasteiger partial charge is 0.271 e. The second-order valence-electron chi connectivity index (χ2n) is 4.66. The van der Waals surface area contributed by atoms with Crippen LogP contribution in [0, 0.1) is 5.82 Å². The van der Waals surface area contributed by atoms with Crippen LogP contribution in [0.15, 0.2) is 51.5 Å². The van der Waals surface area contributed by atoms with E-state index in [1.807, 2.05) is 0 Å². The lowest BCUT2D eigenvalue weighted by Gasteiger charge is -2.06. The fourth-order valence-electron chi connectivity index (χ4n) is 1.85. The molecule has 3 rings (SSSR count). The van der Waals surface area contributed by atoms with E-state index < -0.39 is 15.8 Å². The second-order valence-corrected chi connectivity index (χ2v) is 8.06. The molecule has 0 saturated carbocycles. The van der Waals surface area contributed by atoms with Crippen molar-refractivity contribution in [2.24, 2.45) is 0 Å². The Labute approximate surface area is 145 Å². The highest BCUT2D eigenvalue weighted by molar-refractivity contribution is 7.94. The molecule has 2 aromatic heterocycles. The molecule has 0 fully saturated rings. The van der Waals surface area contributed by atoms with Gasteiger partial charge in [0.1, 0.15) is 15.7 Å². The maximum atomic E-state index is 13.1. The zero-order valence-electron chi connectivity index (χ0n) is 11.8. The molecule has 0 amide bonds.